The summed E-state index contributed by atoms with van der Waals surface area (Å²) >= 11 is 6.09. The lowest BCUT2D eigenvalue weighted by atomic mass is 9.95. The molecule has 4 rings (SSSR count). The van der Waals surface area contributed by atoms with Gasteiger partial charge in [0.25, 0.3) is 0 Å². The van der Waals surface area contributed by atoms with E-state index < -0.39 is 0 Å². The Kier molecular flexibility index (Phi) is 5.80. The van der Waals surface area contributed by atoms with Gasteiger partial charge in [0.1, 0.15) is 24.5 Å². The van der Waals surface area contributed by atoms with Crippen molar-refractivity contribution in [2.75, 3.05) is 38.2 Å². The second-order valence-corrected chi connectivity index (χ2v) is 7.53. The van der Waals surface area contributed by atoms with Gasteiger partial charge in [0.2, 0.25) is 5.91 Å². The van der Waals surface area contributed by atoms with Crippen molar-refractivity contribution in [3.05, 3.63) is 47.7 Å². The zero-order chi connectivity index (χ0) is 20.2. The van der Waals surface area contributed by atoms with Gasteiger partial charge in [-0.1, -0.05) is 23.7 Å². The van der Waals surface area contributed by atoms with Crippen molar-refractivity contribution < 1.29 is 9.53 Å². The van der Waals surface area contributed by atoms with Crippen LogP contribution in [0.15, 0.2) is 42.7 Å². The summed E-state index contributed by atoms with van der Waals surface area (Å²) in [5, 5.41) is 12.9. The van der Waals surface area contributed by atoms with Gasteiger partial charge in [-0.25, -0.2) is 0 Å². The van der Waals surface area contributed by atoms with E-state index in [0.29, 0.717) is 23.9 Å². The lowest BCUT2D eigenvalue weighted by Gasteiger charge is -2.33. The van der Waals surface area contributed by atoms with Gasteiger partial charge >= 0.3 is 0 Å². The average molecular weight is 415 g/mol. The maximum absolute atomic E-state index is 12.8. The second kappa shape index (κ2) is 8.65. The van der Waals surface area contributed by atoms with Crippen LogP contribution in [0.1, 0.15) is 12.8 Å². The number of fused-ring (bicyclic) bond motifs is 1. The Balaban J connectivity index is 1.26. The molecule has 9 heteroatoms. The van der Waals surface area contributed by atoms with E-state index in [1.165, 1.54) is 0 Å². The van der Waals surface area contributed by atoms with Crippen LogP contribution in [0, 0.1) is 5.92 Å². The summed E-state index contributed by atoms with van der Waals surface area (Å²) in [5.41, 5.74) is 0.722. The molecule has 0 unspecified atom stereocenters. The molecule has 0 bridgehead atoms. The predicted octanol–water partition coefficient (Wildman–Crippen LogP) is 2.53. The number of benzene rings is 1. The summed E-state index contributed by atoms with van der Waals surface area (Å²) in [4.78, 5) is 16.7. The summed E-state index contributed by atoms with van der Waals surface area (Å²) < 4.78 is 7.36. The number of aromatic nitrogens is 4. The fraction of sp³-hybridized carbons (Fsp3) is 0.400. The Morgan fingerprint density at radius 2 is 2.03 bits per heavy atom. The maximum Gasteiger partial charge on any atom is 0.225 e. The Morgan fingerprint density at radius 1 is 1.24 bits per heavy atom. The molecule has 1 aliphatic heterocycles. The lowest BCUT2D eigenvalue weighted by molar-refractivity contribution is -0.135. The number of nitrogens with zero attached hydrogens (tertiary/aromatic N) is 6. The summed E-state index contributed by atoms with van der Waals surface area (Å²) in [6.45, 7) is 2.52. The minimum absolute atomic E-state index is 0.0233. The van der Waals surface area contributed by atoms with Crippen LogP contribution >= 0.6 is 11.6 Å². The molecule has 0 saturated carbocycles. The first-order chi connectivity index (χ1) is 14.1. The molecule has 0 spiro atoms. The van der Waals surface area contributed by atoms with Crippen LogP contribution in [0.5, 0.6) is 5.75 Å². The van der Waals surface area contributed by atoms with E-state index in [-0.39, 0.29) is 11.8 Å². The molecular formula is C20H23ClN6O2. The monoisotopic (exact) mass is 414 g/mol. The van der Waals surface area contributed by atoms with Crippen LogP contribution in [0.25, 0.3) is 5.65 Å². The van der Waals surface area contributed by atoms with Gasteiger partial charge in [-0.15, -0.1) is 15.3 Å². The van der Waals surface area contributed by atoms with E-state index in [2.05, 4.69) is 20.2 Å². The van der Waals surface area contributed by atoms with Crippen LogP contribution in [0.4, 0.5) is 5.82 Å². The summed E-state index contributed by atoms with van der Waals surface area (Å²) in [6.07, 6.45) is 3.20. The molecule has 8 nitrogen and oxygen atoms in total. The first-order valence-corrected chi connectivity index (χ1v) is 10.0. The zero-order valence-corrected chi connectivity index (χ0v) is 17.0. The zero-order valence-electron chi connectivity index (χ0n) is 16.2. The van der Waals surface area contributed by atoms with Crippen LogP contribution in [0.2, 0.25) is 5.02 Å². The highest BCUT2D eigenvalue weighted by Gasteiger charge is 2.27. The first-order valence-electron chi connectivity index (χ1n) is 9.66. The molecule has 0 aliphatic carbocycles. The van der Waals surface area contributed by atoms with Gasteiger partial charge in [0, 0.05) is 26.1 Å². The molecule has 1 fully saturated rings. The fourth-order valence-corrected chi connectivity index (χ4v) is 3.71. The molecule has 3 aromatic rings. The van der Waals surface area contributed by atoms with Crippen molar-refractivity contribution >= 4 is 29.0 Å². The number of ether oxygens (including phenoxy) is 1. The number of carbonyl (C=O) groups excluding carboxylic acids is 1. The number of amides is 1. The van der Waals surface area contributed by atoms with Crippen molar-refractivity contribution in [2.24, 2.45) is 5.92 Å². The number of carbonyl (C=O) groups is 1. The van der Waals surface area contributed by atoms with Gasteiger partial charge in [-0.3, -0.25) is 4.79 Å². The Bertz CT molecular complexity index is 986. The molecule has 29 heavy (non-hydrogen) atoms. The molecule has 1 saturated heterocycles. The SMILES string of the molecule is CN(CCOc1ccccc1Cl)C(=O)C1CCN(c2ccc3nncn3n2)CC1. The number of piperidine rings is 1. The van der Waals surface area contributed by atoms with Gasteiger partial charge in [0.15, 0.2) is 5.65 Å². The quantitative estimate of drug-likeness (QED) is 0.617. The summed E-state index contributed by atoms with van der Waals surface area (Å²) in [7, 11) is 1.83. The normalized spacial score (nSPS) is 14.9. The predicted molar refractivity (Wildman–Crippen MR) is 110 cm³/mol. The molecular weight excluding hydrogens is 392 g/mol. The summed E-state index contributed by atoms with van der Waals surface area (Å²) in [6, 6.07) is 11.2. The van der Waals surface area contributed by atoms with Gasteiger partial charge in [-0.05, 0) is 37.1 Å². The smallest absolute Gasteiger partial charge is 0.225 e. The van der Waals surface area contributed by atoms with Crippen molar-refractivity contribution in [1.29, 1.82) is 0 Å². The highest BCUT2D eigenvalue weighted by atomic mass is 35.5. The highest BCUT2D eigenvalue weighted by Crippen LogP contribution is 2.24. The van der Waals surface area contributed by atoms with E-state index in [1.54, 1.807) is 21.8 Å². The third-order valence-corrected chi connectivity index (χ3v) is 5.53. The van der Waals surface area contributed by atoms with Crippen molar-refractivity contribution in [2.45, 2.75) is 12.8 Å². The molecule has 2 aromatic heterocycles. The number of para-hydroxylation sites is 1. The largest absolute Gasteiger partial charge is 0.490 e. The van der Waals surface area contributed by atoms with Crippen molar-refractivity contribution in [3.63, 3.8) is 0 Å². The number of halogens is 1. The third-order valence-electron chi connectivity index (χ3n) is 5.21. The Labute approximate surface area is 174 Å². The minimum Gasteiger partial charge on any atom is -0.490 e. The molecule has 1 aromatic carbocycles. The minimum atomic E-state index is 0.0233. The van der Waals surface area contributed by atoms with E-state index >= 15 is 0 Å². The molecule has 1 aliphatic rings. The first kappa shape index (κ1) is 19.4. The third kappa shape index (κ3) is 4.42. The standard InChI is InChI=1S/C20H23ClN6O2/c1-25(12-13-29-17-5-3-2-4-16(17)21)20(28)15-8-10-26(11-9-15)19-7-6-18-23-22-14-27(18)24-19/h2-7,14-15H,8-13H2,1H3. The van der Waals surface area contributed by atoms with Crippen molar-refractivity contribution in [3.8, 4) is 5.75 Å². The van der Waals surface area contributed by atoms with E-state index in [1.807, 2.05) is 37.4 Å². The molecule has 152 valence electrons. The van der Waals surface area contributed by atoms with Crippen LogP contribution in [-0.2, 0) is 4.79 Å². The van der Waals surface area contributed by atoms with E-state index in [0.717, 1.165) is 37.4 Å². The molecule has 0 radical (unpaired) electrons. The topological polar surface area (TPSA) is 75.9 Å². The van der Waals surface area contributed by atoms with Crippen LogP contribution < -0.4 is 9.64 Å². The molecule has 3 heterocycles. The van der Waals surface area contributed by atoms with Crippen LogP contribution in [0.3, 0.4) is 0 Å². The van der Waals surface area contributed by atoms with Crippen molar-refractivity contribution in [1.82, 2.24) is 24.7 Å². The molecule has 0 N–H and O–H groups in total. The second-order valence-electron chi connectivity index (χ2n) is 7.13. The van der Waals surface area contributed by atoms with E-state index in [9.17, 15) is 4.79 Å². The number of hydrogen-bond acceptors (Lipinski definition) is 6. The Morgan fingerprint density at radius 3 is 2.83 bits per heavy atom. The number of hydrogen-bond donors (Lipinski definition) is 0. The fourth-order valence-electron chi connectivity index (χ4n) is 3.52. The lowest BCUT2D eigenvalue weighted by Crippen LogP contribution is -2.42. The highest BCUT2D eigenvalue weighted by molar-refractivity contribution is 6.32. The average Bonchev–Trinajstić information content (AvgIpc) is 3.22. The van der Waals surface area contributed by atoms with Gasteiger partial charge < -0.3 is 14.5 Å². The number of anilines is 1. The maximum atomic E-state index is 12.8. The molecule has 1 amide bonds. The molecule has 0 atom stereocenters. The van der Waals surface area contributed by atoms with Gasteiger partial charge in [-0.2, -0.15) is 4.52 Å². The Hall–Kier alpha value is -2.87. The number of rotatable bonds is 6. The van der Waals surface area contributed by atoms with Crippen LogP contribution in [-0.4, -0.2) is 63.9 Å². The summed E-state index contributed by atoms with van der Waals surface area (Å²) in [5.74, 6) is 1.70. The van der Waals surface area contributed by atoms with E-state index in [4.69, 9.17) is 16.3 Å². The number of likely N-dealkylation sites (N-methyl/N-ethyl adjacent to an activating group) is 1. The van der Waals surface area contributed by atoms with Gasteiger partial charge in [0.05, 0.1) is 11.6 Å².